The van der Waals surface area contributed by atoms with Crippen LogP contribution in [-0.2, 0) is 0 Å². The highest BCUT2D eigenvalue weighted by Crippen LogP contribution is 2.32. The van der Waals surface area contributed by atoms with Crippen molar-refractivity contribution in [3.63, 3.8) is 0 Å². The number of nitrogens with zero attached hydrogens (tertiary/aromatic N) is 1. The predicted octanol–water partition coefficient (Wildman–Crippen LogP) is 1.55. The number of hydrogen-bond acceptors (Lipinski definition) is 2. The molecule has 0 aromatic carbocycles. The highest BCUT2D eigenvalue weighted by Gasteiger charge is 2.34. The van der Waals surface area contributed by atoms with Crippen LogP contribution in [0.25, 0.3) is 0 Å². The van der Waals surface area contributed by atoms with Gasteiger partial charge in [-0.15, -0.1) is 11.6 Å². The first-order valence-electron chi connectivity index (χ1n) is 3.72. The Morgan fingerprint density at radius 2 is 2.36 bits per heavy atom. The van der Waals surface area contributed by atoms with Gasteiger partial charge in [0, 0.05) is 11.9 Å². The lowest BCUT2D eigenvalue weighted by molar-refractivity contribution is 0.482. The molecule has 1 unspecified atom stereocenters. The van der Waals surface area contributed by atoms with Crippen LogP contribution in [0.3, 0.4) is 0 Å². The fourth-order valence-corrected chi connectivity index (χ4v) is 1.20. The van der Waals surface area contributed by atoms with Crippen molar-refractivity contribution in [3.05, 3.63) is 11.8 Å². The lowest BCUT2D eigenvalue weighted by atomic mass is 9.90. The van der Waals surface area contributed by atoms with Crippen molar-refractivity contribution in [2.45, 2.75) is 18.7 Å². The second-order valence-electron chi connectivity index (χ2n) is 3.13. The number of halogens is 1. The average molecular weight is 173 g/mol. The SMILES string of the molecule is CC(C)C1(Cl)CN=CC=C1N. The molecule has 0 aromatic heterocycles. The van der Waals surface area contributed by atoms with E-state index < -0.39 is 4.87 Å². The number of hydrogen-bond donors (Lipinski definition) is 1. The molecule has 2 N–H and O–H groups in total. The molecule has 0 radical (unpaired) electrons. The van der Waals surface area contributed by atoms with E-state index in [4.69, 9.17) is 17.3 Å². The minimum atomic E-state index is -0.450. The van der Waals surface area contributed by atoms with Crippen LogP contribution in [0.4, 0.5) is 0 Å². The van der Waals surface area contributed by atoms with Crippen molar-refractivity contribution in [2.75, 3.05) is 6.54 Å². The van der Waals surface area contributed by atoms with Crippen molar-refractivity contribution in [1.29, 1.82) is 0 Å². The molecule has 2 nitrogen and oxygen atoms in total. The van der Waals surface area contributed by atoms with Gasteiger partial charge < -0.3 is 5.73 Å². The molecule has 1 heterocycles. The normalized spacial score (nSPS) is 30.7. The highest BCUT2D eigenvalue weighted by atomic mass is 35.5. The number of nitrogens with two attached hydrogens (primary N) is 1. The van der Waals surface area contributed by atoms with Crippen LogP contribution in [0.5, 0.6) is 0 Å². The van der Waals surface area contributed by atoms with Crippen LogP contribution >= 0.6 is 11.6 Å². The first-order chi connectivity index (χ1) is 5.07. The molecule has 0 saturated heterocycles. The summed E-state index contributed by atoms with van der Waals surface area (Å²) in [6.45, 7) is 4.69. The van der Waals surface area contributed by atoms with Gasteiger partial charge in [-0.25, -0.2) is 0 Å². The molecular weight excluding hydrogens is 160 g/mol. The lowest BCUT2D eigenvalue weighted by Gasteiger charge is -2.31. The molecule has 1 atom stereocenters. The zero-order valence-electron chi connectivity index (χ0n) is 6.84. The summed E-state index contributed by atoms with van der Waals surface area (Å²) in [6.07, 6.45) is 3.48. The van der Waals surface area contributed by atoms with Gasteiger partial charge in [0.05, 0.1) is 6.54 Å². The maximum atomic E-state index is 6.25. The summed E-state index contributed by atoms with van der Waals surface area (Å²) in [6, 6.07) is 0. The van der Waals surface area contributed by atoms with Gasteiger partial charge in [0.1, 0.15) is 4.87 Å². The van der Waals surface area contributed by atoms with Gasteiger partial charge in [-0.3, -0.25) is 4.99 Å². The van der Waals surface area contributed by atoms with E-state index in [1.54, 1.807) is 12.3 Å². The monoisotopic (exact) mass is 172 g/mol. The van der Waals surface area contributed by atoms with E-state index in [-0.39, 0.29) is 0 Å². The van der Waals surface area contributed by atoms with Gasteiger partial charge in [-0.1, -0.05) is 13.8 Å². The van der Waals surface area contributed by atoms with Crippen LogP contribution in [0.2, 0.25) is 0 Å². The van der Waals surface area contributed by atoms with Crippen LogP contribution in [-0.4, -0.2) is 17.6 Å². The molecule has 3 heteroatoms. The van der Waals surface area contributed by atoms with E-state index >= 15 is 0 Å². The fourth-order valence-electron chi connectivity index (χ4n) is 1.06. The number of aliphatic imine (C=N–C) groups is 1. The quantitative estimate of drug-likeness (QED) is 0.599. The lowest BCUT2D eigenvalue weighted by Crippen LogP contribution is -2.39. The third-order valence-corrected chi connectivity index (χ3v) is 2.85. The molecule has 62 valence electrons. The van der Waals surface area contributed by atoms with Gasteiger partial charge >= 0.3 is 0 Å². The average Bonchev–Trinajstić information content (AvgIpc) is 1.95. The Balaban J connectivity index is 2.88. The molecule has 1 aliphatic rings. The van der Waals surface area contributed by atoms with Gasteiger partial charge in [0.25, 0.3) is 0 Å². The van der Waals surface area contributed by atoms with Crippen LogP contribution in [0.15, 0.2) is 16.8 Å². The Morgan fingerprint density at radius 3 is 2.73 bits per heavy atom. The maximum Gasteiger partial charge on any atom is 0.105 e. The second-order valence-corrected chi connectivity index (χ2v) is 3.80. The molecule has 0 aliphatic carbocycles. The molecule has 0 spiro atoms. The number of dihydropyridines is 1. The van der Waals surface area contributed by atoms with Crippen molar-refractivity contribution in [1.82, 2.24) is 0 Å². The van der Waals surface area contributed by atoms with Crippen molar-refractivity contribution in [3.8, 4) is 0 Å². The van der Waals surface area contributed by atoms with Gasteiger partial charge in [0.2, 0.25) is 0 Å². The molecule has 0 saturated carbocycles. The van der Waals surface area contributed by atoms with Crippen LogP contribution in [0.1, 0.15) is 13.8 Å². The summed E-state index contributed by atoms with van der Waals surface area (Å²) < 4.78 is 0. The molecule has 11 heavy (non-hydrogen) atoms. The number of alkyl halides is 1. The summed E-state index contributed by atoms with van der Waals surface area (Å²) in [5, 5.41) is 0. The van der Waals surface area contributed by atoms with E-state index in [9.17, 15) is 0 Å². The first-order valence-corrected chi connectivity index (χ1v) is 4.10. The third kappa shape index (κ3) is 1.41. The van der Waals surface area contributed by atoms with E-state index in [0.29, 0.717) is 12.5 Å². The molecule has 0 aromatic rings. The van der Waals surface area contributed by atoms with E-state index in [1.165, 1.54) is 0 Å². The zero-order chi connectivity index (χ0) is 8.48. The van der Waals surface area contributed by atoms with E-state index in [0.717, 1.165) is 5.70 Å². The standard InChI is InChI=1S/C8H13ClN2/c1-6(2)8(9)5-11-4-3-7(8)10/h3-4,6H,5,10H2,1-2H3. The molecule has 1 aliphatic heterocycles. The number of rotatable bonds is 1. The van der Waals surface area contributed by atoms with Crippen molar-refractivity contribution < 1.29 is 0 Å². The van der Waals surface area contributed by atoms with Gasteiger partial charge in [0.15, 0.2) is 0 Å². The minimum absolute atomic E-state index is 0.317. The molecule has 1 rings (SSSR count). The Hall–Kier alpha value is -0.500. The number of allylic oxidation sites excluding steroid dienone is 1. The van der Waals surface area contributed by atoms with Crippen molar-refractivity contribution >= 4 is 17.8 Å². The topological polar surface area (TPSA) is 38.4 Å². The summed E-state index contributed by atoms with van der Waals surface area (Å²) in [7, 11) is 0. The van der Waals surface area contributed by atoms with Gasteiger partial charge in [-0.2, -0.15) is 0 Å². The summed E-state index contributed by atoms with van der Waals surface area (Å²) in [5.74, 6) is 0.317. The van der Waals surface area contributed by atoms with Crippen LogP contribution in [0, 0.1) is 5.92 Å². The molecule has 0 amide bonds. The molecule has 0 bridgehead atoms. The summed E-state index contributed by atoms with van der Waals surface area (Å²) in [4.78, 5) is 3.64. The fraction of sp³-hybridized carbons (Fsp3) is 0.625. The summed E-state index contributed by atoms with van der Waals surface area (Å²) >= 11 is 6.25. The van der Waals surface area contributed by atoms with Crippen molar-refractivity contribution in [2.24, 2.45) is 16.6 Å². The Bertz CT molecular complexity index is 208. The minimum Gasteiger partial charge on any atom is -0.400 e. The zero-order valence-corrected chi connectivity index (χ0v) is 7.60. The second kappa shape index (κ2) is 2.86. The molecule has 0 fully saturated rings. The molecular formula is C8H13ClN2. The Labute approximate surface area is 72.1 Å². The predicted molar refractivity (Wildman–Crippen MR) is 49.1 cm³/mol. The van der Waals surface area contributed by atoms with E-state index in [1.807, 2.05) is 0 Å². The van der Waals surface area contributed by atoms with Gasteiger partial charge in [-0.05, 0) is 12.0 Å². The van der Waals surface area contributed by atoms with E-state index in [2.05, 4.69) is 18.8 Å². The first kappa shape index (κ1) is 8.60. The smallest absolute Gasteiger partial charge is 0.105 e. The Morgan fingerprint density at radius 1 is 1.73 bits per heavy atom. The summed E-state index contributed by atoms with van der Waals surface area (Å²) in [5.41, 5.74) is 6.48. The maximum absolute atomic E-state index is 6.25. The Kier molecular flexibility index (Phi) is 2.23. The highest BCUT2D eigenvalue weighted by molar-refractivity contribution is 6.26. The van der Waals surface area contributed by atoms with Crippen LogP contribution < -0.4 is 5.73 Å². The third-order valence-electron chi connectivity index (χ3n) is 2.08. The largest absolute Gasteiger partial charge is 0.400 e.